The largest absolute Gasteiger partial charge is 0.338 e. The second kappa shape index (κ2) is 9.47. The standard InChI is InChI=1S/C23H26FN3O2/c1-17(16-19-10-6-7-11-20(19)24)22(28)25-21(18-8-4-3-5-9-18)23(29)27-14-12-26(2)13-15-27/h3-11,16,21H,12-15H2,1-2H3,(H,25,28)/b17-16+/t21-/m0/s1. The summed E-state index contributed by atoms with van der Waals surface area (Å²) in [6.45, 7) is 4.46. The van der Waals surface area contributed by atoms with Crippen molar-refractivity contribution in [1.82, 2.24) is 15.1 Å². The molecule has 0 spiro atoms. The summed E-state index contributed by atoms with van der Waals surface area (Å²) in [4.78, 5) is 29.9. The number of halogens is 1. The molecule has 1 fully saturated rings. The van der Waals surface area contributed by atoms with Crippen LogP contribution in [0.4, 0.5) is 4.39 Å². The predicted octanol–water partition coefficient (Wildman–Crippen LogP) is 2.86. The van der Waals surface area contributed by atoms with E-state index in [1.54, 1.807) is 30.0 Å². The van der Waals surface area contributed by atoms with E-state index >= 15 is 0 Å². The molecule has 152 valence electrons. The fourth-order valence-electron chi connectivity index (χ4n) is 3.28. The number of nitrogens with zero attached hydrogens (tertiary/aromatic N) is 2. The lowest BCUT2D eigenvalue weighted by Gasteiger charge is -2.35. The Bertz CT molecular complexity index is 890. The summed E-state index contributed by atoms with van der Waals surface area (Å²) in [7, 11) is 2.02. The Kier molecular flexibility index (Phi) is 6.77. The Balaban J connectivity index is 1.80. The highest BCUT2D eigenvalue weighted by Crippen LogP contribution is 2.19. The molecule has 0 unspecified atom stereocenters. The van der Waals surface area contributed by atoms with Gasteiger partial charge in [-0.2, -0.15) is 0 Å². The van der Waals surface area contributed by atoms with Crippen LogP contribution >= 0.6 is 0 Å². The zero-order chi connectivity index (χ0) is 20.8. The SMILES string of the molecule is C/C(=C\c1ccccc1F)C(=O)N[C@H](C(=O)N1CCN(C)CC1)c1ccccc1. The minimum absolute atomic E-state index is 0.128. The average Bonchev–Trinajstić information content (AvgIpc) is 2.74. The third-order valence-corrected chi connectivity index (χ3v) is 5.11. The van der Waals surface area contributed by atoms with Crippen molar-refractivity contribution >= 4 is 17.9 Å². The van der Waals surface area contributed by atoms with Gasteiger partial charge in [-0.05, 0) is 31.7 Å². The molecule has 1 heterocycles. The quantitative estimate of drug-likeness (QED) is 0.792. The summed E-state index contributed by atoms with van der Waals surface area (Å²) in [6.07, 6.45) is 1.49. The van der Waals surface area contributed by atoms with Gasteiger partial charge in [-0.25, -0.2) is 4.39 Å². The summed E-state index contributed by atoms with van der Waals surface area (Å²) in [5, 5.41) is 2.85. The van der Waals surface area contributed by atoms with E-state index in [9.17, 15) is 14.0 Å². The fraction of sp³-hybridized carbons (Fsp3) is 0.304. The fourth-order valence-corrected chi connectivity index (χ4v) is 3.28. The van der Waals surface area contributed by atoms with Gasteiger partial charge in [-0.1, -0.05) is 48.5 Å². The van der Waals surface area contributed by atoms with Crippen molar-refractivity contribution in [3.05, 3.63) is 77.1 Å². The van der Waals surface area contributed by atoms with Crippen molar-refractivity contribution in [2.45, 2.75) is 13.0 Å². The lowest BCUT2D eigenvalue weighted by Crippen LogP contribution is -2.51. The highest BCUT2D eigenvalue weighted by atomic mass is 19.1. The Hall–Kier alpha value is -2.99. The smallest absolute Gasteiger partial charge is 0.249 e. The van der Waals surface area contributed by atoms with Gasteiger partial charge in [-0.3, -0.25) is 9.59 Å². The van der Waals surface area contributed by atoms with Crippen LogP contribution in [-0.2, 0) is 9.59 Å². The van der Waals surface area contributed by atoms with Crippen LogP contribution in [0.5, 0.6) is 0 Å². The monoisotopic (exact) mass is 395 g/mol. The number of rotatable bonds is 5. The van der Waals surface area contributed by atoms with Crippen LogP contribution in [0.15, 0.2) is 60.2 Å². The first-order valence-corrected chi connectivity index (χ1v) is 9.71. The van der Waals surface area contributed by atoms with Crippen molar-refractivity contribution in [2.24, 2.45) is 0 Å². The maximum atomic E-state index is 13.9. The van der Waals surface area contributed by atoms with E-state index in [1.165, 1.54) is 12.1 Å². The van der Waals surface area contributed by atoms with E-state index in [2.05, 4.69) is 10.2 Å². The number of hydrogen-bond acceptors (Lipinski definition) is 3. The van der Waals surface area contributed by atoms with E-state index < -0.39 is 17.8 Å². The Morgan fingerprint density at radius 2 is 1.62 bits per heavy atom. The van der Waals surface area contributed by atoms with Gasteiger partial charge in [0.2, 0.25) is 11.8 Å². The second-order valence-electron chi connectivity index (χ2n) is 7.29. The molecule has 0 saturated carbocycles. The second-order valence-corrected chi connectivity index (χ2v) is 7.29. The number of amides is 2. The molecule has 1 atom stereocenters. The molecule has 2 amide bonds. The van der Waals surface area contributed by atoms with Crippen LogP contribution < -0.4 is 5.32 Å². The van der Waals surface area contributed by atoms with Gasteiger partial charge in [0.25, 0.3) is 0 Å². The number of carbonyl (C=O) groups is 2. The lowest BCUT2D eigenvalue weighted by molar-refractivity contribution is -0.137. The van der Waals surface area contributed by atoms with Gasteiger partial charge in [0.15, 0.2) is 0 Å². The Morgan fingerprint density at radius 3 is 2.28 bits per heavy atom. The lowest BCUT2D eigenvalue weighted by atomic mass is 10.0. The van der Waals surface area contributed by atoms with E-state index in [0.717, 1.165) is 18.7 Å². The molecule has 3 rings (SSSR count). The topological polar surface area (TPSA) is 52.7 Å². The van der Waals surface area contributed by atoms with Crippen molar-refractivity contribution in [3.8, 4) is 0 Å². The molecule has 2 aromatic carbocycles. The van der Waals surface area contributed by atoms with Crippen molar-refractivity contribution in [3.63, 3.8) is 0 Å². The third-order valence-electron chi connectivity index (χ3n) is 5.11. The summed E-state index contributed by atoms with van der Waals surface area (Å²) in [6, 6.07) is 14.7. The van der Waals surface area contributed by atoms with E-state index in [0.29, 0.717) is 24.2 Å². The molecule has 0 aliphatic carbocycles. The van der Waals surface area contributed by atoms with E-state index in [-0.39, 0.29) is 5.91 Å². The van der Waals surface area contributed by atoms with Crippen LogP contribution in [0.1, 0.15) is 24.1 Å². The summed E-state index contributed by atoms with van der Waals surface area (Å²) in [5.41, 5.74) is 1.40. The molecule has 5 nitrogen and oxygen atoms in total. The van der Waals surface area contributed by atoms with Crippen LogP contribution in [0.3, 0.4) is 0 Å². The van der Waals surface area contributed by atoms with Gasteiger partial charge in [0.1, 0.15) is 11.9 Å². The molecule has 1 N–H and O–H groups in total. The molecular weight excluding hydrogens is 369 g/mol. The first-order valence-electron chi connectivity index (χ1n) is 9.71. The minimum Gasteiger partial charge on any atom is -0.338 e. The number of piperazine rings is 1. The molecule has 29 heavy (non-hydrogen) atoms. The van der Waals surface area contributed by atoms with Crippen molar-refractivity contribution < 1.29 is 14.0 Å². The Morgan fingerprint density at radius 1 is 1.00 bits per heavy atom. The van der Waals surface area contributed by atoms with E-state index in [1.807, 2.05) is 37.4 Å². The van der Waals surface area contributed by atoms with Gasteiger partial charge >= 0.3 is 0 Å². The zero-order valence-corrected chi connectivity index (χ0v) is 16.8. The highest BCUT2D eigenvalue weighted by molar-refractivity contribution is 6.00. The summed E-state index contributed by atoms with van der Waals surface area (Å²) < 4.78 is 13.9. The first kappa shape index (κ1) is 20.7. The van der Waals surface area contributed by atoms with Gasteiger partial charge < -0.3 is 15.1 Å². The normalized spacial score (nSPS) is 16.4. The van der Waals surface area contributed by atoms with Crippen molar-refractivity contribution in [2.75, 3.05) is 33.2 Å². The molecule has 6 heteroatoms. The van der Waals surface area contributed by atoms with Crippen LogP contribution in [0.25, 0.3) is 6.08 Å². The maximum absolute atomic E-state index is 13.9. The highest BCUT2D eigenvalue weighted by Gasteiger charge is 2.29. The summed E-state index contributed by atoms with van der Waals surface area (Å²) >= 11 is 0. The van der Waals surface area contributed by atoms with Crippen LogP contribution in [0, 0.1) is 5.82 Å². The number of carbonyl (C=O) groups excluding carboxylic acids is 2. The maximum Gasteiger partial charge on any atom is 0.249 e. The molecular formula is C23H26FN3O2. The summed E-state index contributed by atoms with van der Waals surface area (Å²) in [5.74, 6) is -0.923. The first-order chi connectivity index (χ1) is 14.0. The molecule has 0 radical (unpaired) electrons. The van der Waals surface area contributed by atoms with Crippen LogP contribution in [-0.4, -0.2) is 54.8 Å². The molecule has 1 aliphatic rings. The Labute approximate surface area is 170 Å². The molecule has 0 aromatic heterocycles. The van der Waals surface area contributed by atoms with Gasteiger partial charge in [0, 0.05) is 37.3 Å². The molecule has 1 saturated heterocycles. The molecule has 0 bridgehead atoms. The predicted molar refractivity (Wildman–Crippen MR) is 111 cm³/mol. The van der Waals surface area contributed by atoms with Crippen LogP contribution in [0.2, 0.25) is 0 Å². The third kappa shape index (κ3) is 5.29. The number of benzene rings is 2. The van der Waals surface area contributed by atoms with E-state index in [4.69, 9.17) is 0 Å². The number of likely N-dealkylation sites (N-methyl/N-ethyl adjacent to an activating group) is 1. The zero-order valence-electron chi connectivity index (χ0n) is 16.8. The molecule has 2 aromatic rings. The average molecular weight is 395 g/mol. The molecule has 1 aliphatic heterocycles. The minimum atomic E-state index is -0.781. The number of hydrogen-bond donors (Lipinski definition) is 1. The number of nitrogens with one attached hydrogen (secondary N) is 1. The van der Waals surface area contributed by atoms with Gasteiger partial charge in [-0.15, -0.1) is 0 Å². The van der Waals surface area contributed by atoms with Gasteiger partial charge in [0.05, 0.1) is 0 Å². The van der Waals surface area contributed by atoms with Crippen molar-refractivity contribution in [1.29, 1.82) is 0 Å².